The van der Waals surface area contributed by atoms with Crippen LogP contribution in [-0.4, -0.2) is 52.3 Å². The van der Waals surface area contributed by atoms with E-state index in [1.165, 1.54) is 22.7 Å². The van der Waals surface area contributed by atoms with Crippen LogP contribution >= 0.6 is 22.7 Å². The standard InChI is InChI=1S/C19H23N5O4S2/c1-2-28-16(26)7-12-10-29-18(20-12)22-15(25)9-24-6-5-13-14(8-24)30-19(21-13)23-17(27)11-3-4-11/h10-11H,2-9H2,1H3,(H,20,22,25)(H,21,23,27). The van der Waals surface area contributed by atoms with Crippen molar-refractivity contribution >= 4 is 50.7 Å². The number of ether oxygens (including phenoxy) is 1. The van der Waals surface area contributed by atoms with Crippen molar-refractivity contribution in [3.63, 3.8) is 0 Å². The van der Waals surface area contributed by atoms with Crippen molar-refractivity contribution in [2.75, 3.05) is 30.3 Å². The Morgan fingerprint density at radius 1 is 1.23 bits per heavy atom. The number of fused-ring (bicyclic) bond motifs is 1. The predicted octanol–water partition coefficient (Wildman–Crippen LogP) is 2.05. The molecule has 0 radical (unpaired) electrons. The Balaban J connectivity index is 1.26. The zero-order valence-electron chi connectivity index (χ0n) is 16.6. The molecule has 0 spiro atoms. The van der Waals surface area contributed by atoms with E-state index in [2.05, 4.69) is 25.5 Å². The van der Waals surface area contributed by atoms with Crippen molar-refractivity contribution in [1.82, 2.24) is 14.9 Å². The molecule has 1 saturated carbocycles. The maximum atomic E-state index is 12.4. The first-order valence-corrected chi connectivity index (χ1v) is 11.6. The van der Waals surface area contributed by atoms with Crippen molar-refractivity contribution in [1.29, 1.82) is 0 Å². The fourth-order valence-corrected chi connectivity index (χ4v) is 4.94. The summed E-state index contributed by atoms with van der Waals surface area (Å²) in [6.45, 7) is 3.69. The maximum absolute atomic E-state index is 12.4. The maximum Gasteiger partial charge on any atom is 0.311 e. The number of nitrogens with zero attached hydrogens (tertiary/aromatic N) is 3. The van der Waals surface area contributed by atoms with Crippen LogP contribution in [0.4, 0.5) is 10.3 Å². The molecule has 9 nitrogen and oxygen atoms in total. The van der Waals surface area contributed by atoms with Gasteiger partial charge in [0.1, 0.15) is 0 Å². The molecule has 1 aliphatic heterocycles. The van der Waals surface area contributed by atoms with Crippen molar-refractivity contribution in [2.45, 2.75) is 39.2 Å². The molecule has 1 aliphatic carbocycles. The van der Waals surface area contributed by atoms with Gasteiger partial charge in [-0.3, -0.25) is 19.3 Å². The third-order valence-electron chi connectivity index (χ3n) is 4.78. The van der Waals surface area contributed by atoms with Crippen LogP contribution in [0.15, 0.2) is 5.38 Å². The van der Waals surface area contributed by atoms with Crippen LogP contribution in [0.5, 0.6) is 0 Å². The molecule has 3 heterocycles. The average molecular weight is 450 g/mol. The molecule has 0 aromatic carbocycles. The molecule has 160 valence electrons. The van der Waals surface area contributed by atoms with Gasteiger partial charge < -0.3 is 15.4 Å². The van der Waals surface area contributed by atoms with Crippen LogP contribution in [-0.2, 0) is 38.5 Å². The van der Waals surface area contributed by atoms with Gasteiger partial charge in [0.25, 0.3) is 0 Å². The van der Waals surface area contributed by atoms with Gasteiger partial charge in [-0.15, -0.1) is 22.7 Å². The number of hydrogen-bond donors (Lipinski definition) is 2. The summed E-state index contributed by atoms with van der Waals surface area (Å²) in [6.07, 6.45) is 2.77. The molecule has 11 heteroatoms. The summed E-state index contributed by atoms with van der Waals surface area (Å²) in [5.74, 6) is -0.276. The molecule has 0 unspecified atom stereocenters. The quantitative estimate of drug-likeness (QED) is 0.593. The highest BCUT2D eigenvalue weighted by Crippen LogP contribution is 2.33. The lowest BCUT2D eigenvalue weighted by Crippen LogP contribution is -2.36. The Hall–Kier alpha value is -2.37. The molecule has 2 aromatic heterocycles. The second-order valence-electron chi connectivity index (χ2n) is 7.29. The van der Waals surface area contributed by atoms with Gasteiger partial charge in [0.15, 0.2) is 10.3 Å². The number of carbonyl (C=O) groups is 3. The lowest BCUT2D eigenvalue weighted by Gasteiger charge is -2.24. The molecule has 30 heavy (non-hydrogen) atoms. The topological polar surface area (TPSA) is 114 Å². The highest BCUT2D eigenvalue weighted by atomic mass is 32.1. The van der Waals surface area contributed by atoms with E-state index in [9.17, 15) is 14.4 Å². The monoisotopic (exact) mass is 449 g/mol. The Morgan fingerprint density at radius 3 is 2.83 bits per heavy atom. The largest absolute Gasteiger partial charge is 0.466 e. The molecule has 2 aliphatic rings. The Labute approximate surface area is 181 Å². The van der Waals surface area contributed by atoms with E-state index in [0.29, 0.717) is 29.1 Å². The normalized spacial score (nSPS) is 16.0. The van der Waals surface area contributed by atoms with E-state index < -0.39 is 0 Å². The van der Waals surface area contributed by atoms with Gasteiger partial charge in [0.05, 0.1) is 31.0 Å². The van der Waals surface area contributed by atoms with E-state index >= 15 is 0 Å². The van der Waals surface area contributed by atoms with E-state index in [-0.39, 0.29) is 36.7 Å². The van der Waals surface area contributed by atoms with Crippen molar-refractivity contribution in [2.24, 2.45) is 5.92 Å². The minimum atomic E-state index is -0.331. The van der Waals surface area contributed by atoms with Gasteiger partial charge in [-0.1, -0.05) is 0 Å². The zero-order chi connectivity index (χ0) is 21.1. The zero-order valence-corrected chi connectivity index (χ0v) is 18.2. The molecule has 0 atom stereocenters. The van der Waals surface area contributed by atoms with Crippen molar-refractivity contribution < 1.29 is 19.1 Å². The second kappa shape index (κ2) is 9.19. The predicted molar refractivity (Wildman–Crippen MR) is 114 cm³/mol. The van der Waals surface area contributed by atoms with Crippen LogP contribution < -0.4 is 10.6 Å². The molecular weight excluding hydrogens is 426 g/mol. The lowest BCUT2D eigenvalue weighted by atomic mass is 10.2. The first kappa shape index (κ1) is 20.9. The average Bonchev–Trinajstić information content (AvgIpc) is 3.35. The summed E-state index contributed by atoms with van der Waals surface area (Å²) < 4.78 is 4.91. The molecule has 4 rings (SSSR count). The second-order valence-corrected chi connectivity index (χ2v) is 9.23. The molecule has 2 aromatic rings. The number of hydrogen-bond acceptors (Lipinski definition) is 9. The number of thiazole rings is 2. The Bertz CT molecular complexity index is 953. The number of anilines is 2. The highest BCUT2D eigenvalue weighted by Gasteiger charge is 2.31. The molecule has 2 amide bonds. The number of rotatable bonds is 8. The SMILES string of the molecule is CCOC(=O)Cc1csc(NC(=O)CN2CCc3nc(NC(=O)C4CC4)sc3C2)n1. The van der Waals surface area contributed by atoms with Gasteiger partial charge in [0.2, 0.25) is 11.8 Å². The van der Waals surface area contributed by atoms with Crippen LogP contribution in [0.1, 0.15) is 36.0 Å². The Kier molecular flexibility index (Phi) is 6.40. The molecule has 2 N–H and O–H groups in total. The minimum Gasteiger partial charge on any atom is -0.466 e. The van der Waals surface area contributed by atoms with E-state index in [1.54, 1.807) is 12.3 Å². The highest BCUT2D eigenvalue weighted by molar-refractivity contribution is 7.16. The summed E-state index contributed by atoms with van der Waals surface area (Å²) in [5.41, 5.74) is 1.59. The van der Waals surface area contributed by atoms with Crippen molar-refractivity contribution in [3.8, 4) is 0 Å². The smallest absolute Gasteiger partial charge is 0.311 e. The van der Waals surface area contributed by atoms with Gasteiger partial charge in [-0.2, -0.15) is 0 Å². The summed E-state index contributed by atoms with van der Waals surface area (Å²) in [7, 11) is 0. The van der Waals surface area contributed by atoms with Crippen molar-refractivity contribution in [3.05, 3.63) is 21.6 Å². The van der Waals surface area contributed by atoms with Gasteiger partial charge in [-0.05, 0) is 19.8 Å². The third kappa shape index (κ3) is 5.41. The fraction of sp³-hybridized carbons (Fsp3) is 0.526. The van der Waals surface area contributed by atoms with Crippen LogP contribution in [0.3, 0.4) is 0 Å². The van der Waals surface area contributed by atoms with E-state index in [4.69, 9.17) is 4.74 Å². The lowest BCUT2D eigenvalue weighted by molar-refractivity contribution is -0.142. The summed E-state index contributed by atoms with van der Waals surface area (Å²) in [6, 6.07) is 0. The van der Waals surface area contributed by atoms with E-state index in [0.717, 1.165) is 36.4 Å². The number of aromatic nitrogens is 2. The van der Waals surface area contributed by atoms with Gasteiger partial charge in [-0.25, -0.2) is 9.97 Å². The molecule has 1 fully saturated rings. The number of esters is 1. The van der Waals surface area contributed by atoms with Crippen LogP contribution in [0.2, 0.25) is 0 Å². The first-order chi connectivity index (χ1) is 14.5. The first-order valence-electron chi connectivity index (χ1n) is 9.92. The van der Waals surface area contributed by atoms with Crippen LogP contribution in [0.25, 0.3) is 0 Å². The van der Waals surface area contributed by atoms with E-state index in [1.807, 2.05) is 0 Å². The summed E-state index contributed by atoms with van der Waals surface area (Å²) >= 11 is 2.77. The Morgan fingerprint density at radius 2 is 2.07 bits per heavy atom. The minimum absolute atomic E-state index is 0.0584. The fourth-order valence-electron chi connectivity index (χ4n) is 3.16. The summed E-state index contributed by atoms with van der Waals surface area (Å²) in [5, 5.41) is 8.57. The van der Waals surface area contributed by atoms with Gasteiger partial charge in [0, 0.05) is 35.7 Å². The molecule has 0 saturated heterocycles. The molecule has 0 bridgehead atoms. The van der Waals surface area contributed by atoms with Crippen LogP contribution in [0, 0.1) is 5.92 Å². The number of amides is 2. The third-order valence-corrected chi connectivity index (χ3v) is 6.59. The summed E-state index contributed by atoms with van der Waals surface area (Å²) in [4.78, 5) is 47.8. The van der Waals surface area contributed by atoms with Gasteiger partial charge >= 0.3 is 5.97 Å². The molecular formula is C19H23N5O4S2. The number of nitrogens with one attached hydrogen (secondary N) is 2. The number of carbonyl (C=O) groups excluding carboxylic acids is 3.